The Labute approximate surface area is 173 Å². The average Bonchev–Trinajstić information content (AvgIpc) is 2.98. The fourth-order valence-corrected chi connectivity index (χ4v) is 3.74. The number of aryl methyl sites for hydroxylation is 1. The number of fused-ring (bicyclic) bond motifs is 3. The number of hydrogen-bond donors (Lipinski definition) is 2. The van der Waals surface area contributed by atoms with Gasteiger partial charge in [0, 0.05) is 29.2 Å². The summed E-state index contributed by atoms with van der Waals surface area (Å²) in [6.45, 7) is 6.93. The van der Waals surface area contributed by atoms with Crippen LogP contribution in [0.25, 0.3) is 11.0 Å². The lowest BCUT2D eigenvalue weighted by atomic mass is 9.90. The highest BCUT2D eigenvalue weighted by atomic mass is 16.5. The van der Waals surface area contributed by atoms with E-state index in [4.69, 9.17) is 9.15 Å². The van der Waals surface area contributed by atoms with Crippen molar-refractivity contribution in [3.63, 3.8) is 0 Å². The summed E-state index contributed by atoms with van der Waals surface area (Å²) in [5.74, 6) is 0.0237. The zero-order valence-electron chi connectivity index (χ0n) is 17.2. The Morgan fingerprint density at radius 3 is 2.27 bits per heavy atom. The number of anilines is 2. The van der Waals surface area contributed by atoms with E-state index in [0.29, 0.717) is 39.2 Å². The number of ether oxygens (including phenoxy) is 1. The van der Waals surface area contributed by atoms with E-state index in [1.165, 1.54) is 6.92 Å². The first-order valence-electron chi connectivity index (χ1n) is 9.62. The Bertz CT molecular complexity index is 1190. The van der Waals surface area contributed by atoms with Gasteiger partial charge < -0.3 is 19.8 Å². The van der Waals surface area contributed by atoms with Gasteiger partial charge in [-0.3, -0.25) is 14.4 Å². The number of rotatable bonds is 3. The first-order chi connectivity index (χ1) is 14.1. The Hall–Kier alpha value is -3.61. The van der Waals surface area contributed by atoms with Crippen LogP contribution in [0.15, 0.2) is 40.8 Å². The van der Waals surface area contributed by atoms with Gasteiger partial charge >= 0.3 is 0 Å². The molecule has 1 aliphatic heterocycles. The molecular weight excluding hydrogens is 384 g/mol. The first-order valence-corrected chi connectivity index (χ1v) is 9.62. The standard InChI is InChI=1S/C23H22N2O5/c1-12-19-17(9-10-18-20(19)16(27)11-23(3,4)30-18)29-21(12)22(28)25-15-7-5-14(6-8-15)24-13(2)26/h5-10H,11H2,1-4H3,(H,24,26)(H,25,28). The van der Waals surface area contributed by atoms with Crippen LogP contribution in [-0.4, -0.2) is 23.2 Å². The average molecular weight is 406 g/mol. The molecule has 0 saturated carbocycles. The highest BCUT2D eigenvalue weighted by Crippen LogP contribution is 2.40. The molecule has 0 bridgehead atoms. The van der Waals surface area contributed by atoms with Gasteiger partial charge in [0.2, 0.25) is 5.91 Å². The van der Waals surface area contributed by atoms with Crippen LogP contribution in [0.3, 0.4) is 0 Å². The van der Waals surface area contributed by atoms with E-state index in [-0.39, 0.29) is 23.9 Å². The maximum Gasteiger partial charge on any atom is 0.291 e. The lowest BCUT2D eigenvalue weighted by molar-refractivity contribution is -0.114. The maximum absolute atomic E-state index is 12.8. The van der Waals surface area contributed by atoms with Crippen LogP contribution >= 0.6 is 0 Å². The van der Waals surface area contributed by atoms with E-state index in [2.05, 4.69) is 10.6 Å². The second kappa shape index (κ2) is 7.02. The summed E-state index contributed by atoms with van der Waals surface area (Å²) in [5.41, 5.74) is 2.14. The van der Waals surface area contributed by atoms with E-state index in [1.807, 2.05) is 13.8 Å². The molecule has 0 saturated heterocycles. The highest BCUT2D eigenvalue weighted by molar-refractivity contribution is 6.14. The van der Waals surface area contributed by atoms with Crippen LogP contribution < -0.4 is 15.4 Å². The molecule has 0 spiro atoms. The zero-order chi connectivity index (χ0) is 21.6. The van der Waals surface area contributed by atoms with E-state index < -0.39 is 11.5 Å². The van der Waals surface area contributed by atoms with Gasteiger partial charge in [-0.25, -0.2) is 0 Å². The van der Waals surface area contributed by atoms with Gasteiger partial charge in [0.25, 0.3) is 5.91 Å². The minimum Gasteiger partial charge on any atom is -0.487 e. The molecule has 1 aliphatic rings. The van der Waals surface area contributed by atoms with Crippen molar-refractivity contribution in [1.29, 1.82) is 0 Å². The van der Waals surface area contributed by atoms with Gasteiger partial charge in [-0.2, -0.15) is 0 Å². The van der Waals surface area contributed by atoms with Crippen molar-refractivity contribution in [1.82, 2.24) is 0 Å². The fraction of sp³-hybridized carbons (Fsp3) is 0.261. The third-order valence-corrected chi connectivity index (χ3v) is 4.98. The molecule has 0 fully saturated rings. The number of hydrogen-bond acceptors (Lipinski definition) is 5. The molecule has 154 valence electrons. The summed E-state index contributed by atoms with van der Waals surface area (Å²) < 4.78 is 11.8. The van der Waals surface area contributed by atoms with Gasteiger partial charge in [-0.15, -0.1) is 0 Å². The van der Waals surface area contributed by atoms with Gasteiger partial charge in [0.1, 0.15) is 16.9 Å². The molecule has 2 aromatic carbocycles. The number of nitrogens with one attached hydrogen (secondary N) is 2. The van der Waals surface area contributed by atoms with Crippen molar-refractivity contribution < 1.29 is 23.5 Å². The van der Waals surface area contributed by atoms with Crippen molar-refractivity contribution in [2.24, 2.45) is 0 Å². The second-order valence-electron chi connectivity index (χ2n) is 8.04. The molecule has 7 heteroatoms. The molecule has 2 N–H and O–H groups in total. The molecule has 4 rings (SSSR count). The van der Waals surface area contributed by atoms with Crippen molar-refractivity contribution in [2.75, 3.05) is 10.6 Å². The summed E-state index contributed by atoms with van der Waals surface area (Å²) in [6.07, 6.45) is 0.256. The molecule has 0 atom stereocenters. The summed E-state index contributed by atoms with van der Waals surface area (Å²) in [5, 5.41) is 6.06. The molecule has 1 aromatic heterocycles. The second-order valence-corrected chi connectivity index (χ2v) is 8.04. The number of benzene rings is 2. The number of ketones is 1. The summed E-state index contributed by atoms with van der Waals surface area (Å²) in [6, 6.07) is 10.2. The van der Waals surface area contributed by atoms with Gasteiger partial charge in [0.05, 0.1) is 12.0 Å². The number of furan rings is 1. The van der Waals surface area contributed by atoms with Crippen LogP contribution in [0.5, 0.6) is 5.75 Å². The Morgan fingerprint density at radius 1 is 1.00 bits per heavy atom. The predicted octanol–water partition coefficient (Wildman–Crippen LogP) is 4.70. The van der Waals surface area contributed by atoms with Crippen LogP contribution in [-0.2, 0) is 4.79 Å². The van der Waals surface area contributed by atoms with Crippen LogP contribution in [0, 0.1) is 6.92 Å². The number of Topliss-reactive ketones (excluding diaryl/α,β-unsaturated/α-hetero) is 1. The van der Waals surface area contributed by atoms with Gasteiger partial charge in [0.15, 0.2) is 11.5 Å². The quantitative estimate of drug-likeness (QED) is 0.657. The van der Waals surface area contributed by atoms with E-state index in [1.54, 1.807) is 43.3 Å². The van der Waals surface area contributed by atoms with Crippen LogP contribution in [0.1, 0.15) is 53.7 Å². The van der Waals surface area contributed by atoms with Gasteiger partial charge in [-0.1, -0.05) is 0 Å². The van der Waals surface area contributed by atoms with Crippen molar-refractivity contribution in [3.05, 3.63) is 53.3 Å². The summed E-state index contributed by atoms with van der Waals surface area (Å²) in [7, 11) is 0. The summed E-state index contributed by atoms with van der Waals surface area (Å²) in [4.78, 5) is 36.7. The molecule has 3 aromatic rings. The SMILES string of the molecule is CC(=O)Nc1ccc(NC(=O)c2oc3ccc4c(c3c2C)C(=O)CC(C)(C)O4)cc1. The zero-order valence-corrected chi connectivity index (χ0v) is 17.2. The minimum absolute atomic E-state index is 0.0312. The van der Waals surface area contributed by atoms with Crippen LogP contribution in [0.2, 0.25) is 0 Å². The van der Waals surface area contributed by atoms with Crippen molar-refractivity contribution in [3.8, 4) is 5.75 Å². The highest BCUT2D eigenvalue weighted by Gasteiger charge is 2.35. The normalized spacial score (nSPS) is 14.7. The molecule has 0 aliphatic carbocycles. The maximum atomic E-state index is 12.8. The molecule has 30 heavy (non-hydrogen) atoms. The Morgan fingerprint density at radius 2 is 1.63 bits per heavy atom. The first kappa shape index (κ1) is 19.7. The van der Waals surface area contributed by atoms with Crippen LogP contribution in [0.4, 0.5) is 11.4 Å². The fourth-order valence-electron chi connectivity index (χ4n) is 3.74. The smallest absolute Gasteiger partial charge is 0.291 e. The molecule has 7 nitrogen and oxygen atoms in total. The third-order valence-electron chi connectivity index (χ3n) is 4.98. The van der Waals surface area contributed by atoms with Crippen molar-refractivity contribution >= 4 is 39.9 Å². The Balaban J connectivity index is 1.66. The van der Waals surface area contributed by atoms with Crippen molar-refractivity contribution in [2.45, 2.75) is 39.7 Å². The molecule has 2 heterocycles. The lowest BCUT2D eigenvalue weighted by Crippen LogP contribution is -2.35. The monoisotopic (exact) mass is 406 g/mol. The minimum atomic E-state index is -0.570. The predicted molar refractivity (Wildman–Crippen MR) is 113 cm³/mol. The van der Waals surface area contributed by atoms with Gasteiger partial charge in [-0.05, 0) is 57.2 Å². The molecule has 2 amide bonds. The molecule has 0 unspecified atom stereocenters. The lowest BCUT2D eigenvalue weighted by Gasteiger charge is -2.31. The molecular formula is C23H22N2O5. The third kappa shape index (κ3) is 3.54. The Kier molecular flexibility index (Phi) is 4.61. The van der Waals surface area contributed by atoms with E-state index in [9.17, 15) is 14.4 Å². The van der Waals surface area contributed by atoms with E-state index in [0.717, 1.165) is 0 Å². The molecule has 0 radical (unpaired) electrons. The number of amides is 2. The number of carbonyl (C=O) groups excluding carboxylic acids is 3. The number of carbonyl (C=O) groups is 3. The largest absolute Gasteiger partial charge is 0.487 e. The van der Waals surface area contributed by atoms with E-state index >= 15 is 0 Å². The topological polar surface area (TPSA) is 97.6 Å². The summed E-state index contributed by atoms with van der Waals surface area (Å²) >= 11 is 0.